The van der Waals surface area contributed by atoms with Crippen molar-refractivity contribution in [1.29, 1.82) is 5.26 Å². The minimum absolute atomic E-state index is 0.0602. The van der Waals surface area contributed by atoms with E-state index in [1.807, 2.05) is 18.2 Å². The van der Waals surface area contributed by atoms with Crippen LogP contribution >= 0.6 is 11.6 Å². The molecule has 1 atom stereocenters. The molecule has 0 saturated heterocycles. The fourth-order valence-electron chi connectivity index (χ4n) is 3.32. The number of nitriles is 1. The lowest BCUT2D eigenvalue weighted by Crippen LogP contribution is -2.21. The fourth-order valence-corrected chi connectivity index (χ4v) is 3.59. The molecule has 0 fully saturated rings. The molecule has 0 radical (unpaired) electrons. The van der Waals surface area contributed by atoms with Crippen LogP contribution < -0.4 is 15.2 Å². The highest BCUT2D eigenvalue weighted by Gasteiger charge is 2.38. The molecular formula is C20H14ClFN4O2. The Labute approximate surface area is 165 Å². The van der Waals surface area contributed by atoms with Crippen LogP contribution in [0.2, 0.25) is 5.02 Å². The summed E-state index contributed by atoms with van der Waals surface area (Å²) >= 11 is 6.31. The molecule has 1 aliphatic heterocycles. The predicted octanol–water partition coefficient (Wildman–Crippen LogP) is 4.10. The second kappa shape index (κ2) is 6.91. The highest BCUT2D eigenvalue weighted by molar-refractivity contribution is 6.31. The number of ether oxygens (including phenoxy) is 2. The number of methoxy groups -OCH3 is 1. The molecule has 3 N–H and O–H groups in total. The van der Waals surface area contributed by atoms with Gasteiger partial charge in [0.25, 0.3) is 0 Å². The predicted molar refractivity (Wildman–Crippen MR) is 101 cm³/mol. The zero-order valence-corrected chi connectivity index (χ0v) is 15.4. The molecule has 3 aromatic rings. The second-order valence-corrected chi connectivity index (χ2v) is 6.52. The summed E-state index contributed by atoms with van der Waals surface area (Å²) in [6.07, 6.45) is 0. The molecule has 1 aromatic heterocycles. The first kappa shape index (κ1) is 17.9. The van der Waals surface area contributed by atoms with Crippen molar-refractivity contribution in [3.63, 3.8) is 0 Å². The highest BCUT2D eigenvalue weighted by Crippen LogP contribution is 2.48. The van der Waals surface area contributed by atoms with Crippen molar-refractivity contribution in [2.75, 3.05) is 7.11 Å². The Balaban J connectivity index is 2.00. The molecule has 2 aromatic carbocycles. The molecule has 1 aliphatic rings. The van der Waals surface area contributed by atoms with Crippen molar-refractivity contribution >= 4 is 11.6 Å². The normalized spacial score (nSPS) is 15.6. The zero-order chi connectivity index (χ0) is 19.8. The van der Waals surface area contributed by atoms with Crippen LogP contribution in [0.4, 0.5) is 4.39 Å². The van der Waals surface area contributed by atoms with E-state index < -0.39 is 11.7 Å². The SMILES string of the molecule is COc1cccc(-c2[nH]nc3c2[C@H](c2c(F)cccc2Cl)C(C#N)=C(N)O3)c1. The molecule has 0 aliphatic carbocycles. The number of halogens is 2. The number of aromatic amines is 1. The van der Waals surface area contributed by atoms with E-state index in [2.05, 4.69) is 10.2 Å². The van der Waals surface area contributed by atoms with Gasteiger partial charge in [-0.2, -0.15) is 5.26 Å². The molecule has 2 heterocycles. The molecule has 140 valence electrons. The van der Waals surface area contributed by atoms with Crippen LogP contribution in [-0.2, 0) is 0 Å². The smallest absolute Gasteiger partial charge is 0.244 e. The molecule has 8 heteroatoms. The fraction of sp³-hybridized carbons (Fsp3) is 0.100. The third-order valence-electron chi connectivity index (χ3n) is 4.59. The Morgan fingerprint density at radius 1 is 1.29 bits per heavy atom. The van der Waals surface area contributed by atoms with Gasteiger partial charge in [-0.3, -0.25) is 5.10 Å². The third-order valence-corrected chi connectivity index (χ3v) is 4.92. The van der Waals surface area contributed by atoms with Gasteiger partial charge < -0.3 is 15.2 Å². The van der Waals surface area contributed by atoms with E-state index in [0.717, 1.165) is 5.56 Å². The summed E-state index contributed by atoms with van der Waals surface area (Å²) in [7, 11) is 1.56. The quantitative estimate of drug-likeness (QED) is 0.694. The van der Waals surface area contributed by atoms with E-state index in [1.165, 1.54) is 12.1 Å². The summed E-state index contributed by atoms with van der Waals surface area (Å²) < 4.78 is 25.6. The van der Waals surface area contributed by atoms with Gasteiger partial charge in [0, 0.05) is 16.1 Å². The Bertz CT molecular complexity index is 1130. The number of allylic oxidation sites excluding steroid dienone is 1. The molecule has 4 rings (SSSR count). The summed E-state index contributed by atoms with van der Waals surface area (Å²) in [5.41, 5.74) is 7.88. The van der Waals surface area contributed by atoms with Crippen molar-refractivity contribution in [2.24, 2.45) is 5.73 Å². The Morgan fingerprint density at radius 3 is 2.79 bits per heavy atom. The molecule has 0 saturated carbocycles. The first-order chi connectivity index (χ1) is 13.5. The molecule has 28 heavy (non-hydrogen) atoms. The Kier molecular flexibility index (Phi) is 4.41. The van der Waals surface area contributed by atoms with Gasteiger partial charge in [0.05, 0.1) is 24.3 Å². The van der Waals surface area contributed by atoms with Gasteiger partial charge in [0.1, 0.15) is 23.2 Å². The monoisotopic (exact) mass is 396 g/mol. The van der Waals surface area contributed by atoms with Crippen LogP contribution in [0.1, 0.15) is 17.0 Å². The Morgan fingerprint density at radius 2 is 2.07 bits per heavy atom. The molecule has 6 nitrogen and oxygen atoms in total. The van der Waals surface area contributed by atoms with Gasteiger partial charge in [0.15, 0.2) is 0 Å². The summed E-state index contributed by atoms with van der Waals surface area (Å²) in [5.74, 6) is -0.763. The number of hydrogen-bond acceptors (Lipinski definition) is 5. The van der Waals surface area contributed by atoms with E-state index in [0.29, 0.717) is 17.0 Å². The number of hydrogen-bond donors (Lipinski definition) is 2. The van der Waals surface area contributed by atoms with E-state index >= 15 is 0 Å². The van der Waals surface area contributed by atoms with Crippen LogP contribution in [0.25, 0.3) is 11.3 Å². The van der Waals surface area contributed by atoms with Gasteiger partial charge in [-0.05, 0) is 24.3 Å². The number of H-pyrrole nitrogens is 1. The molecule has 0 unspecified atom stereocenters. The third kappa shape index (κ3) is 2.75. The van der Waals surface area contributed by atoms with Crippen LogP contribution in [-0.4, -0.2) is 17.3 Å². The molecular weight excluding hydrogens is 383 g/mol. The minimum atomic E-state index is -0.873. The maximum absolute atomic E-state index is 14.8. The number of nitrogens with zero attached hydrogens (tertiary/aromatic N) is 2. The van der Waals surface area contributed by atoms with Gasteiger partial charge in [-0.1, -0.05) is 29.8 Å². The maximum atomic E-state index is 14.8. The number of nitrogens with one attached hydrogen (secondary N) is 1. The summed E-state index contributed by atoms with van der Waals surface area (Å²) in [4.78, 5) is 0. The van der Waals surface area contributed by atoms with Crippen LogP contribution in [0.15, 0.2) is 53.9 Å². The first-order valence-electron chi connectivity index (χ1n) is 8.29. The lowest BCUT2D eigenvalue weighted by atomic mass is 9.82. The van der Waals surface area contributed by atoms with Crippen molar-refractivity contribution in [2.45, 2.75) is 5.92 Å². The lowest BCUT2D eigenvalue weighted by Gasteiger charge is -2.25. The van der Waals surface area contributed by atoms with E-state index in [1.54, 1.807) is 25.3 Å². The zero-order valence-electron chi connectivity index (χ0n) is 14.7. The maximum Gasteiger partial charge on any atom is 0.244 e. The second-order valence-electron chi connectivity index (χ2n) is 6.11. The summed E-state index contributed by atoms with van der Waals surface area (Å²) in [5, 5.41) is 16.9. The topological polar surface area (TPSA) is 97.0 Å². The van der Waals surface area contributed by atoms with Crippen LogP contribution in [0.5, 0.6) is 11.6 Å². The molecule has 0 spiro atoms. The van der Waals surface area contributed by atoms with Gasteiger partial charge >= 0.3 is 0 Å². The van der Waals surface area contributed by atoms with Crippen molar-refractivity contribution < 1.29 is 13.9 Å². The van der Waals surface area contributed by atoms with Gasteiger partial charge in [-0.25, -0.2) is 4.39 Å². The van der Waals surface area contributed by atoms with Gasteiger partial charge in [0.2, 0.25) is 11.8 Å². The number of rotatable bonds is 3. The number of benzene rings is 2. The summed E-state index contributed by atoms with van der Waals surface area (Å²) in [6.45, 7) is 0. The molecule has 0 amide bonds. The molecule has 0 bridgehead atoms. The van der Waals surface area contributed by atoms with Crippen LogP contribution in [0, 0.1) is 17.1 Å². The first-order valence-corrected chi connectivity index (χ1v) is 8.67. The lowest BCUT2D eigenvalue weighted by molar-refractivity contribution is 0.378. The number of nitrogens with two attached hydrogens (primary N) is 1. The average Bonchev–Trinajstić information content (AvgIpc) is 3.11. The number of aromatic nitrogens is 2. The standard InChI is InChI=1S/C20H14ClFN4O2/c1-27-11-5-2-4-10(8-11)18-17-15(16-13(21)6-3-7-14(16)22)12(9-23)19(24)28-20(17)26-25-18/h2-8,15H,24H2,1H3,(H,25,26)/t15-/m0/s1. The van der Waals surface area contributed by atoms with E-state index in [-0.39, 0.29) is 27.9 Å². The average molecular weight is 397 g/mol. The van der Waals surface area contributed by atoms with Gasteiger partial charge in [-0.15, -0.1) is 5.10 Å². The van der Waals surface area contributed by atoms with Crippen LogP contribution in [0.3, 0.4) is 0 Å². The highest BCUT2D eigenvalue weighted by atomic mass is 35.5. The van der Waals surface area contributed by atoms with Crippen molar-refractivity contribution in [3.8, 4) is 29.0 Å². The summed E-state index contributed by atoms with van der Waals surface area (Å²) in [6, 6.07) is 13.6. The number of fused-ring (bicyclic) bond motifs is 1. The van der Waals surface area contributed by atoms with E-state index in [4.69, 9.17) is 26.8 Å². The van der Waals surface area contributed by atoms with E-state index in [9.17, 15) is 9.65 Å². The largest absolute Gasteiger partial charge is 0.497 e. The minimum Gasteiger partial charge on any atom is -0.497 e. The Hall–Kier alpha value is -3.50. The van der Waals surface area contributed by atoms with Crippen molar-refractivity contribution in [1.82, 2.24) is 10.2 Å². The van der Waals surface area contributed by atoms with Crippen molar-refractivity contribution in [3.05, 3.63) is 75.9 Å².